The SMILES string of the molecule is CCOCOC(CC1(F)C2CC(C3C4CC(C(C)C4C)C32)C1(C)C)(C(F)(F)F)C(F)(F)F. The van der Waals surface area contributed by atoms with Gasteiger partial charge in [0.05, 0.1) is 0 Å². The van der Waals surface area contributed by atoms with Gasteiger partial charge in [-0.2, -0.15) is 26.3 Å². The Hall–Kier alpha value is -0.570. The summed E-state index contributed by atoms with van der Waals surface area (Å²) in [7, 11) is 0. The molecule has 9 atom stereocenters. The molecule has 0 aromatic carbocycles. The van der Waals surface area contributed by atoms with Crippen LogP contribution >= 0.6 is 0 Å². The predicted molar refractivity (Wildman–Crippen MR) is 103 cm³/mol. The van der Waals surface area contributed by atoms with Crippen molar-refractivity contribution in [3.05, 3.63) is 0 Å². The maximum absolute atomic E-state index is 16.9. The Kier molecular flexibility index (Phi) is 5.54. The summed E-state index contributed by atoms with van der Waals surface area (Å²) in [5.74, 6) is 0.280. The number of halogens is 7. The lowest BCUT2D eigenvalue weighted by Gasteiger charge is -2.55. The Bertz CT molecular complexity index is 719. The molecule has 4 bridgehead atoms. The smallest absolute Gasteiger partial charge is 0.356 e. The van der Waals surface area contributed by atoms with Crippen LogP contribution < -0.4 is 0 Å². The van der Waals surface area contributed by atoms with Crippen molar-refractivity contribution in [3.63, 3.8) is 0 Å². The van der Waals surface area contributed by atoms with E-state index in [0.717, 1.165) is 6.42 Å². The standard InChI is InChI=1S/C23H33F7O2/c1-6-31-10-32-21(22(25,26)27,23(28,29)30)9-20(24)16-8-15(19(20,4)5)17-13-7-14(18(16)17)12(3)11(13)2/h11-18H,6-10H2,1-5H3. The Morgan fingerprint density at radius 2 is 1.34 bits per heavy atom. The summed E-state index contributed by atoms with van der Waals surface area (Å²) in [6, 6.07) is 0. The normalized spacial score (nSPS) is 45.0. The molecule has 0 heterocycles. The van der Waals surface area contributed by atoms with Gasteiger partial charge in [-0.05, 0) is 67.1 Å². The third-order valence-corrected chi connectivity index (χ3v) is 10.2. The molecule has 4 fully saturated rings. The molecule has 9 unspecified atom stereocenters. The molecule has 4 aliphatic carbocycles. The van der Waals surface area contributed by atoms with Crippen molar-refractivity contribution in [2.45, 2.75) is 77.5 Å². The molecule has 0 amide bonds. The van der Waals surface area contributed by atoms with Crippen LogP contribution in [0.25, 0.3) is 0 Å². The number of ether oxygens (including phenoxy) is 2. The summed E-state index contributed by atoms with van der Waals surface area (Å²) >= 11 is 0. The lowest BCUT2D eigenvalue weighted by atomic mass is 9.52. The second-order valence-corrected chi connectivity index (χ2v) is 11.2. The average Bonchev–Trinajstić information content (AvgIpc) is 3.33. The molecule has 0 aromatic rings. The zero-order valence-electron chi connectivity index (χ0n) is 19.1. The van der Waals surface area contributed by atoms with Crippen LogP contribution in [-0.4, -0.2) is 37.0 Å². The maximum Gasteiger partial charge on any atom is 0.426 e. The van der Waals surface area contributed by atoms with E-state index in [1.807, 2.05) is 0 Å². The molecule has 2 nitrogen and oxygen atoms in total. The van der Waals surface area contributed by atoms with Crippen LogP contribution in [0.1, 0.15) is 53.9 Å². The van der Waals surface area contributed by atoms with Gasteiger partial charge in [0.2, 0.25) is 0 Å². The lowest BCUT2D eigenvalue weighted by molar-refractivity contribution is -0.404. The largest absolute Gasteiger partial charge is 0.426 e. The van der Waals surface area contributed by atoms with Gasteiger partial charge >= 0.3 is 12.4 Å². The van der Waals surface area contributed by atoms with E-state index in [4.69, 9.17) is 0 Å². The Morgan fingerprint density at radius 3 is 1.81 bits per heavy atom. The minimum Gasteiger partial charge on any atom is -0.356 e. The molecule has 0 aromatic heterocycles. The van der Waals surface area contributed by atoms with Gasteiger partial charge in [-0.1, -0.05) is 27.7 Å². The summed E-state index contributed by atoms with van der Waals surface area (Å²) in [5.41, 5.74) is -8.58. The van der Waals surface area contributed by atoms with E-state index < -0.39 is 48.2 Å². The molecule has 0 saturated heterocycles. The van der Waals surface area contributed by atoms with E-state index in [9.17, 15) is 26.3 Å². The van der Waals surface area contributed by atoms with Gasteiger partial charge in [-0.25, -0.2) is 4.39 Å². The molecule has 0 spiro atoms. The van der Waals surface area contributed by atoms with Crippen LogP contribution in [0.5, 0.6) is 0 Å². The summed E-state index contributed by atoms with van der Waals surface area (Å²) in [4.78, 5) is 0. The highest BCUT2D eigenvalue weighted by molar-refractivity contribution is 5.25. The molecule has 186 valence electrons. The Morgan fingerprint density at radius 1 is 0.844 bits per heavy atom. The number of alkyl halides is 7. The molecule has 0 N–H and O–H groups in total. The predicted octanol–water partition coefficient (Wildman–Crippen LogP) is 6.79. The van der Waals surface area contributed by atoms with Gasteiger partial charge < -0.3 is 9.47 Å². The van der Waals surface area contributed by atoms with E-state index in [1.165, 1.54) is 20.8 Å². The van der Waals surface area contributed by atoms with E-state index in [2.05, 4.69) is 23.3 Å². The van der Waals surface area contributed by atoms with Crippen molar-refractivity contribution >= 4 is 0 Å². The molecular formula is C23H33F7O2. The summed E-state index contributed by atoms with van der Waals surface area (Å²) < 4.78 is 111. The monoisotopic (exact) mass is 474 g/mol. The molecule has 9 heteroatoms. The second-order valence-electron chi connectivity index (χ2n) is 11.2. The van der Waals surface area contributed by atoms with Gasteiger partial charge in [0.1, 0.15) is 12.5 Å². The van der Waals surface area contributed by atoms with Crippen molar-refractivity contribution in [2.24, 2.45) is 52.8 Å². The van der Waals surface area contributed by atoms with Crippen LogP contribution in [0.3, 0.4) is 0 Å². The quantitative estimate of drug-likeness (QED) is 0.183. The van der Waals surface area contributed by atoms with E-state index in [1.54, 1.807) is 0 Å². The van der Waals surface area contributed by atoms with Crippen LogP contribution in [0.15, 0.2) is 0 Å². The van der Waals surface area contributed by atoms with Gasteiger partial charge in [0.15, 0.2) is 0 Å². The van der Waals surface area contributed by atoms with Crippen LogP contribution in [-0.2, 0) is 9.47 Å². The minimum atomic E-state index is -5.84. The van der Waals surface area contributed by atoms with Gasteiger partial charge in [-0.15, -0.1) is 0 Å². The molecular weight excluding hydrogens is 441 g/mol. The Labute approximate surface area is 184 Å². The first-order chi connectivity index (χ1) is 14.5. The van der Waals surface area contributed by atoms with Gasteiger partial charge in [-0.3, -0.25) is 0 Å². The lowest BCUT2D eigenvalue weighted by Crippen LogP contribution is -2.66. The fourth-order valence-electron chi connectivity index (χ4n) is 8.41. The van der Waals surface area contributed by atoms with E-state index in [-0.39, 0.29) is 30.3 Å². The summed E-state index contributed by atoms with van der Waals surface area (Å²) in [5, 5.41) is 0. The van der Waals surface area contributed by atoms with Crippen LogP contribution in [0, 0.1) is 52.8 Å². The van der Waals surface area contributed by atoms with E-state index in [0.29, 0.717) is 24.2 Å². The Balaban J connectivity index is 1.74. The van der Waals surface area contributed by atoms with E-state index >= 15 is 4.39 Å². The highest BCUT2D eigenvalue weighted by atomic mass is 19.4. The number of hydrogen-bond acceptors (Lipinski definition) is 2. The van der Waals surface area contributed by atoms with Gasteiger partial charge in [0.25, 0.3) is 5.60 Å². The third kappa shape index (κ3) is 2.91. The topological polar surface area (TPSA) is 18.5 Å². The van der Waals surface area contributed by atoms with Crippen molar-refractivity contribution in [3.8, 4) is 0 Å². The van der Waals surface area contributed by atoms with Crippen LogP contribution in [0.4, 0.5) is 30.7 Å². The first-order valence-electron chi connectivity index (χ1n) is 11.6. The average molecular weight is 475 g/mol. The number of hydrogen-bond donors (Lipinski definition) is 0. The first kappa shape index (κ1) is 24.6. The highest BCUT2D eigenvalue weighted by Crippen LogP contribution is 2.78. The second kappa shape index (κ2) is 7.22. The third-order valence-electron chi connectivity index (χ3n) is 10.2. The summed E-state index contributed by atoms with van der Waals surface area (Å²) in [6.45, 7) is 7.41. The fourth-order valence-corrected chi connectivity index (χ4v) is 8.41. The maximum atomic E-state index is 16.9. The first-order valence-corrected chi connectivity index (χ1v) is 11.6. The molecule has 0 radical (unpaired) electrons. The fraction of sp³-hybridized carbons (Fsp3) is 1.00. The minimum absolute atomic E-state index is 0.119. The number of fused-ring (bicyclic) bond motifs is 9. The van der Waals surface area contributed by atoms with Crippen molar-refractivity contribution in [2.75, 3.05) is 13.4 Å². The van der Waals surface area contributed by atoms with Crippen molar-refractivity contribution in [1.29, 1.82) is 0 Å². The van der Waals surface area contributed by atoms with Crippen LogP contribution in [0.2, 0.25) is 0 Å². The van der Waals surface area contributed by atoms with Crippen molar-refractivity contribution < 1.29 is 40.2 Å². The van der Waals surface area contributed by atoms with Gasteiger partial charge in [0, 0.05) is 18.4 Å². The molecule has 4 saturated carbocycles. The highest BCUT2D eigenvalue weighted by Gasteiger charge is 2.82. The molecule has 32 heavy (non-hydrogen) atoms. The van der Waals surface area contributed by atoms with Crippen molar-refractivity contribution in [1.82, 2.24) is 0 Å². The summed E-state index contributed by atoms with van der Waals surface area (Å²) in [6.07, 6.45) is -12.2. The number of rotatable bonds is 6. The molecule has 4 aliphatic rings. The molecule has 0 aliphatic heterocycles. The molecule has 4 rings (SSSR count). The zero-order valence-corrected chi connectivity index (χ0v) is 19.1. The zero-order chi connectivity index (χ0) is 24.1.